The Morgan fingerprint density at radius 1 is 0.569 bits per heavy atom. The van der Waals surface area contributed by atoms with E-state index in [1.807, 2.05) is 21.1 Å². The smallest absolute Gasteiger partial charge is 0.391 e. The van der Waals surface area contributed by atoms with Crippen LogP contribution in [0.1, 0.15) is 245 Å². The molecule has 0 rings (SSSR count). The van der Waals surface area contributed by atoms with Crippen molar-refractivity contribution in [3.05, 3.63) is 12.2 Å². The van der Waals surface area contributed by atoms with Crippen LogP contribution < -0.4 is 5.32 Å². The fourth-order valence-corrected chi connectivity index (χ4v) is 8.25. The first-order chi connectivity index (χ1) is 28.0. The van der Waals surface area contributed by atoms with Gasteiger partial charge in [0.25, 0.3) is 0 Å². The van der Waals surface area contributed by atoms with Crippen molar-refractivity contribution in [2.45, 2.75) is 257 Å². The van der Waals surface area contributed by atoms with E-state index in [2.05, 4.69) is 31.3 Å². The van der Waals surface area contributed by atoms with Crippen LogP contribution in [0.4, 0.5) is 0 Å². The molecule has 0 bridgehead atoms. The summed E-state index contributed by atoms with van der Waals surface area (Å²) in [5.41, 5.74) is 0. The fourth-order valence-electron chi connectivity index (χ4n) is 7.51. The number of amides is 1. The molecule has 0 fully saturated rings. The molecule has 3 N–H and O–H groups in total. The molecule has 9 heteroatoms. The number of nitrogens with one attached hydrogen (secondary N) is 1. The molecule has 0 aromatic heterocycles. The third kappa shape index (κ3) is 43.3. The van der Waals surface area contributed by atoms with Crippen molar-refractivity contribution in [2.75, 3.05) is 40.9 Å². The third-order valence-corrected chi connectivity index (χ3v) is 12.5. The number of phosphoric ester groups is 1. The van der Waals surface area contributed by atoms with Gasteiger partial charge in [0.2, 0.25) is 5.91 Å². The van der Waals surface area contributed by atoms with Crippen LogP contribution in [0, 0.1) is 0 Å². The predicted molar refractivity (Wildman–Crippen MR) is 249 cm³/mol. The van der Waals surface area contributed by atoms with Gasteiger partial charge in [0.05, 0.1) is 39.9 Å². The summed E-state index contributed by atoms with van der Waals surface area (Å²) in [6, 6.07) is -0.758. The summed E-state index contributed by atoms with van der Waals surface area (Å²) in [6.07, 6.45) is 48.1. The highest BCUT2D eigenvalue weighted by Gasteiger charge is 2.28. The van der Waals surface area contributed by atoms with E-state index in [4.69, 9.17) is 9.05 Å². The van der Waals surface area contributed by atoms with Crippen LogP contribution in [0.15, 0.2) is 12.2 Å². The maximum absolute atomic E-state index is 12.9. The average molecular weight is 844 g/mol. The average Bonchev–Trinajstić information content (AvgIpc) is 3.17. The number of hydrogen-bond acceptors (Lipinski definition) is 5. The highest BCUT2D eigenvalue weighted by atomic mass is 31.2. The van der Waals surface area contributed by atoms with Crippen molar-refractivity contribution in [3.63, 3.8) is 0 Å². The largest absolute Gasteiger partial charge is 0.472 e. The molecule has 0 heterocycles. The summed E-state index contributed by atoms with van der Waals surface area (Å²) in [5.74, 6) is -0.144. The summed E-state index contributed by atoms with van der Waals surface area (Å²) in [6.45, 7) is 4.91. The standard InChI is InChI=1S/C49H99N2O6P/c1-6-8-10-12-14-16-18-20-22-24-25-27-29-31-33-35-37-39-41-43-49(53)50-47(46-57-58(54,55)56-45-44-51(3,4)5)48(52)42-40-38-36-34-32-30-28-26-23-21-19-17-15-13-11-9-7-2/h20,22,47-48,52H,6-19,21,23-46H2,1-5H3,(H-,50,53,54,55)/p+1/b22-20+/t47-,48+/m0/s1. The number of rotatable bonds is 46. The molecule has 0 radical (unpaired) electrons. The molecule has 58 heavy (non-hydrogen) atoms. The van der Waals surface area contributed by atoms with Gasteiger partial charge < -0.3 is 19.8 Å². The number of unbranched alkanes of at least 4 members (excludes halogenated alkanes) is 31. The Bertz CT molecular complexity index is 958. The molecule has 0 aliphatic heterocycles. The van der Waals surface area contributed by atoms with Crippen LogP contribution in [0.3, 0.4) is 0 Å². The first-order valence-electron chi connectivity index (χ1n) is 25.1. The molecule has 0 aromatic rings. The summed E-state index contributed by atoms with van der Waals surface area (Å²) < 4.78 is 23.7. The topological polar surface area (TPSA) is 105 Å². The number of likely N-dealkylation sites (N-methyl/N-ethyl adjacent to an activating group) is 1. The zero-order chi connectivity index (χ0) is 42.8. The van der Waals surface area contributed by atoms with Crippen molar-refractivity contribution in [1.29, 1.82) is 0 Å². The van der Waals surface area contributed by atoms with Crippen molar-refractivity contribution >= 4 is 13.7 Å². The molecule has 1 unspecified atom stereocenters. The van der Waals surface area contributed by atoms with Crippen LogP contribution in [0.25, 0.3) is 0 Å². The summed E-state index contributed by atoms with van der Waals surface area (Å²) >= 11 is 0. The Labute approximate surface area is 361 Å². The quantitative estimate of drug-likeness (QED) is 0.0244. The van der Waals surface area contributed by atoms with Gasteiger partial charge in [-0.05, 0) is 38.5 Å². The lowest BCUT2D eigenvalue weighted by Gasteiger charge is -2.26. The van der Waals surface area contributed by atoms with E-state index in [0.29, 0.717) is 23.9 Å². The molecule has 0 saturated heterocycles. The number of allylic oxidation sites excluding steroid dienone is 2. The number of hydrogen-bond donors (Lipinski definition) is 3. The number of aliphatic hydroxyl groups excluding tert-OH is 1. The minimum Gasteiger partial charge on any atom is -0.391 e. The number of nitrogens with zero attached hydrogens (tertiary/aromatic N) is 1. The zero-order valence-electron chi connectivity index (χ0n) is 39.3. The van der Waals surface area contributed by atoms with E-state index in [0.717, 1.165) is 38.5 Å². The van der Waals surface area contributed by atoms with E-state index >= 15 is 0 Å². The van der Waals surface area contributed by atoms with Crippen molar-refractivity contribution < 1.29 is 32.9 Å². The maximum atomic E-state index is 12.9. The van der Waals surface area contributed by atoms with Gasteiger partial charge in [-0.2, -0.15) is 0 Å². The third-order valence-electron chi connectivity index (χ3n) is 11.5. The summed E-state index contributed by atoms with van der Waals surface area (Å²) in [4.78, 5) is 23.2. The Balaban J connectivity index is 4.27. The normalized spacial score (nSPS) is 14.3. The molecule has 0 aliphatic carbocycles. The molecule has 0 aromatic carbocycles. The minimum absolute atomic E-state index is 0.0765. The molecule has 0 saturated carbocycles. The lowest BCUT2D eigenvalue weighted by Crippen LogP contribution is -2.46. The van der Waals surface area contributed by atoms with Crippen molar-refractivity contribution in [2.24, 2.45) is 0 Å². The first kappa shape index (κ1) is 57.2. The number of carbonyl (C=O) groups excluding carboxylic acids is 1. The van der Waals surface area contributed by atoms with Crippen LogP contribution in [-0.2, 0) is 18.4 Å². The second-order valence-corrected chi connectivity index (χ2v) is 20.0. The lowest BCUT2D eigenvalue weighted by molar-refractivity contribution is -0.870. The van der Waals surface area contributed by atoms with Gasteiger partial charge in [-0.1, -0.05) is 212 Å². The monoisotopic (exact) mass is 844 g/mol. The lowest BCUT2D eigenvalue weighted by atomic mass is 10.0. The van der Waals surface area contributed by atoms with Gasteiger partial charge in [-0.25, -0.2) is 4.57 Å². The van der Waals surface area contributed by atoms with Crippen LogP contribution in [0.2, 0.25) is 0 Å². The van der Waals surface area contributed by atoms with Crippen molar-refractivity contribution in [3.8, 4) is 0 Å². The Kier molecular flexibility index (Phi) is 41.0. The predicted octanol–water partition coefficient (Wildman–Crippen LogP) is 14.3. The fraction of sp³-hybridized carbons (Fsp3) is 0.939. The van der Waals surface area contributed by atoms with Crippen LogP contribution >= 0.6 is 7.82 Å². The van der Waals surface area contributed by atoms with Gasteiger partial charge in [0.1, 0.15) is 13.2 Å². The highest BCUT2D eigenvalue weighted by molar-refractivity contribution is 7.47. The Morgan fingerprint density at radius 2 is 0.931 bits per heavy atom. The van der Waals surface area contributed by atoms with E-state index in [1.54, 1.807) is 0 Å². The highest BCUT2D eigenvalue weighted by Crippen LogP contribution is 2.43. The van der Waals surface area contributed by atoms with Crippen LogP contribution in [-0.4, -0.2) is 73.4 Å². The zero-order valence-corrected chi connectivity index (χ0v) is 40.2. The van der Waals surface area contributed by atoms with E-state index in [-0.39, 0.29) is 19.1 Å². The number of phosphoric acid groups is 1. The van der Waals surface area contributed by atoms with Gasteiger partial charge in [0.15, 0.2) is 0 Å². The molecule has 3 atom stereocenters. The molecule has 0 spiro atoms. The summed E-state index contributed by atoms with van der Waals surface area (Å²) in [5, 5.41) is 14.0. The van der Waals surface area contributed by atoms with Gasteiger partial charge in [0, 0.05) is 6.42 Å². The summed E-state index contributed by atoms with van der Waals surface area (Å²) in [7, 11) is 1.62. The molecular weight excluding hydrogens is 744 g/mol. The minimum atomic E-state index is -4.31. The first-order valence-corrected chi connectivity index (χ1v) is 26.5. The van der Waals surface area contributed by atoms with E-state index < -0.39 is 20.0 Å². The maximum Gasteiger partial charge on any atom is 0.472 e. The van der Waals surface area contributed by atoms with Gasteiger partial charge in [-0.15, -0.1) is 0 Å². The molecular formula is C49H100N2O6P+. The SMILES string of the molecule is CCCCCCCC/C=C/CCCCCCCCCCCC(=O)N[C@@H](COP(=O)(O)OCC[N+](C)(C)C)[C@H](O)CCCCCCCCCCCCCCCCCCC. The number of carbonyl (C=O) groups is 1. The Hall–Kier alpha value is -0.760. The van der Waals surface area contributed by atoms with E-state index in [9.17, 15) is 19.4 Å². The van der Waals surface area contributed by atoms with E-state index in [1.165, 1.54) is 180 Å². The van der Waals surface area contributed by atoms with Gasteiger partial charge in [-0.3, -0.25) is 13.8 Å². The number of quaternary nitrogens is 1. The molecule has 1 amide bonds. The number of aliphatic hydroxyl groups is 1. The van der Waals surface area contributed by atoms with Crippen LogP contribution in [0.5, 0.6) is 0 Å². The second-order valence-electron chi connectivity index (χ2n) is 18.5. The molecule has 346 valence electrons. The Morgan fingerprint density at radius 3 is 1.33 bits per heavy atom. The molecule has 0 aliphatic rings. The second kappa shape index (κ2) is 41.6. The molecule has 8 nitrogen and oxygen atoms in total. The van der Waals surface area contributed by atoms with Gasteiger partial charge >= 0.3 is 7.82 Å². The van der Waals surface area contributed by atoms with Crippen molar-refractivity contribution in [1.82, 2.24) is 5.32 Å².